The van der Waals surface area contributed by atoms with Crippen molar-refractivity contribution in [3.05, 3.63) is 34.5 Å². The predicted molar refractivity (Wildman–Crippen MR) is 63.5 cm³/mol. The van der Waals surface area contributed by atoms with Gasteiger partial charge in [-0.3, -0.25) is 5.41 Å². The number of nitrogens with one attached hydrogen (secondary N) is 1. The Balaban J connectivity index is 2.44. The Kier molecular flexibility index (Phi) is 2.21. The number of fused-ring (bicyclic) bond motifs is 2. The van der Waals surface area contributed by atoms with E-state index in [-0.39, 0.29) is 0 Å². The molecule has 2 heterocycles. The third-order valence-electron chi connectivity index (χ3n) is 3.10. The highest BCUT2D eigenvalue weighted by Crippen LogP contribution is 2.21. The molecular weight excluding hydrogens is 222 g/mol. The van der Waals surface area contributed by atoms with Crippen LogP contribution in [0.2, 0.25) is 5.02 Å². The topological polar surface area (TPSA) is 41.7 Å². The summed E-state index contributed by atoms with van der Waals surface area (Å²) in [6, 6.07) is 5.62. The van der Waals surface area contributed by atoms with Gasteiger partial charge in [0.15, 0.2) is 0 Å². The number of hydrogen-bond donors (Lipinski definition) is 1. The number of nitrogens with zero attached hydrogens (tertiary/aromatic N) is 2. The normalized spacial score (nSPS) is 15.1. The van der Waals surface area contributed by atoms with Gasteiger partial charge >= 0.3 is 0 Å². The van der Waals surface area contributed by atoms with Crippen molar-refractivity contribution in [1.82, 2.24) is 9.55 Å². The molecule has 3 nitrogen and oxygen atoms in total. The van der Waals surface area contributed by atoms with Gasteiger partial charge in [-0.15, -0.1) is 0 Å². The molecule has 0 radical (unpaired) electrons. The van der Waals surface area contributed by atoms with Crippen LogP contribution in [0, 0.1) is 5.41 Å². The molecule has 3 rings (SSSR count). The van der Waals surface area contributed by atoms with Crippen molar-refractivity contribution in [3.8, 4) is 0 Å². The molecule has 0 bridgehead atoms. The van der Waals surface area contributed by atoms with Gasteiger partial charge in [-0.1, -0.05) is 17.7 Å². The molecule has 0 atom stereocenters. The monoisotopic (exact) mass is 233 g/mol. The molecule has 0 amide bonds. The molecule has 0 saturated carbocycles. The van der Waals surface area contributed by atoms with E-state index in [0.717, 1.165) is 42.5 Å². The van der Waals surface area contributed by atoms with Crippen LogP contribution in [-0.2, 0) is 13.0 Å². The van der Waals surface area contributed by atoms with Crippen LogP contribution in [0.25, 0.3) is 10.9 Å². The number of rotatable bonds is 0. The van der Waals surface area contributed by atoms with E-state index in [1.54, 1.807) is 0 Å². The fourth-order valence-corrected chi connectivity index (χ4v) is 2.49. The Bertz CT molecular complexity index is 615. The van der Waals surface area contributed by atoms with E-state index < -0.39 is 0 Å². The molecule has 2 aromatic rings. The maximum Gasteiger partial charge on any atom is 0.135 e. The number of halogens is 1. The second-order valence-electron chi connectivity index (χ2n) is 4.12. The zero-order valence-corrected chi connectivity index (χ0v) is 9.59. The van der Waals surface area contributed by atoms with Crippen molar-refractivity contribution >= 4 is 22.5 Å². The fourth-order valence-electron chi connectivity index (χ4n) is 2.27. The zero-order valence-electron chi connectivity index (χ0n) is 8.83. The number of aromatic nitrogens is 2. The Hall–Kier alpha value is -1.35. The molecule has 0 unspecified atom stereocenters. The molecule has 1 N–H and O–H groups in total. The number of para-hydroxylation sites is 1. The summed E-state index contributed by atoms with van der Waals surface area (Å²) in [5.74, 6) is 0.997. The van der Waals surface area contributed by atoms with Crippen LogP contribution in [-0.4, -0.2) is 9.55 Å². The van der Waals surface area contributed by atoms with Gasteiger partial charge in [-0.05, 0) is 25.0 Å². The number of hydrogen-bond acceptors (Lipinski definition) is 2. The molecule has 0 fully saturated rings. The third kappa shape index (κ3) is 1.35. The molecule has 4 heteroatoms. The first kappa shape index (κ1) is 9.85. The third-order valence-corrected chi connectivity index (χ3v) is 3.40. The quantitative estimate of drug-likeness (QED) is 0.747. The molecule has 82 valence electrons. The van der Waals surface area contributed by atoms with Crippen molar-refractivity contribution < 1.29 is 0 Å². The van der Waals surface area contributed by atoms with Crippen LogP contribution in [0.15, 0.2) is 18.2 Å². The SMILES string of the molecule is N=c1c2cccc(Cl)c2nc2n1CCCC2. The Labute approximate surface area is 98.2 Å². The fraction of sp³-hybridized carbons (Fsp3) is 0.333. The van der Waals surface area contributed by atoms with Gasteiger partial charge in [-0.2, -0.15) is 0 Å². The van der Waals surface area contributed by atoms with Gasteiger partial charge in [0.2, 0.25) is 0 Å². The van der Waals surface area contributed by atoms with Crippen LogP contribution in [0.1, 0.15) is 18.7 Å². The maximum absolute atomic E-state index is 8.18. The van der Waals surface area contributed by atoms with Crippen LogP contribution in [0.4, 0.5) is 0 Å². The van der Waals surface area contributed by atoms with Crippen molar-refractivity contribution in [3.63, 3.8) is 0 Å². The van der Waals surface area contributed by atoms with E-state index in [2.05, 4.69) is 4.98 Å². The largest absolute Gasteiger partial charge is 0.314 e. The molecule has 1 aromatic heterocycles. The van der Waals surface area contributed by atoms with Gasteiger partial charge < -0.3 is 4.57 Å². The average molecular weight is 234 g/mol. The smallest absolute Gasteiger partial charge is 0.135 e. The van der Waals surface area contributed by atoms with E-state index in [1.165, 1.54) is 0 Å². The average Bonchev–Trinajstić information content (AvgIpc) is 2.31. The molecule has 16 heavy (non-hydrogen) atoms. The highest BCUT2D eigenvalue weighted by Gasteiger charge is 2.13. The van der Waals surface area contributed by atoms with Crippen molar-refractivity contribution in [2.75, 3.05) is 0 Å². The first-order chi connectivity index (χ1) is 7.77. The Morgan fingerprint density at radius 2 is 2.19 bits per heavy atom. The molecule has 1 aliphatic heterocycles. The standard InChI is InChI=1S/C12H12ClN3/c13-9-5-3-4-8-11(9)15-10-6-1-2-7-16(10)12(8)14/h3-5,14H,1-2,6-7H2. The summed E-state index contributed by atoms with van der Waals surface area (Å²) in [5.41, 5.74) is 1.31. The first-order valence-corrected chi connectivity index (χ1v) is 5.88. The minimum atomic E-state index is 0.544. The Morgan fingerprint density at radius 1 is 1.31 bits per heavy atom. The van der Waals surface area contributed by atoms with Crippen molar-refractivity contribution in [2.45, 2.75) is 25.8 Å². The van der Waals surface area contributed by atoms with Gasteiger partial charge in [0.1, 0.15) is 11.3 Å². The second kappa shape index (κ2) is 3.59. The lowest BCUT2D eigenvalue weighted by molar-refractivity contribution is 0.493. The second-order valence-corrected chi connectivity index (χ2v) is 4.53. The van der Waals surface area contributed by atoms with E-state index >= 15 is 0 Å². The summed E-state index contributed by atoms with van der Waals surface area (Å²) >= 11 is 6.12. The van der Waals surface area contributed by atoms with Crippen molar-refractivity contribution in [2.24, 2.45) is 0 Å². The Morgan fingerprint density at radius 3 is 3.06 bits per heavy atom. The van der Waals surface area contributed by atoms with Gasteiger partial charge in [0.05, 0.1) is 10.5 Å². The number of benzene rings is 1. The minimum Gasteiger partial charge on any atom is -0.314 e. The summed E-state index contributed by atoms with van der Waals surface area (Å²) in [7, 11) is 0. The van der Waals surface area contributed by atoms with E-state index in [1.807, 2.05) is 22.8 Å². The number of aryl methyl sites for hydroxylation is 1. The summed E-state index contributed by atoms with van der Waals surface area (Å²) in [4.78, 5) is 4.59. The van der Waals surface area contributed by atoms with E-state index in [4.69, 9.17) is 17.0 Å². The summed E-state index contributed by atoms with van der Waals surface area (Å²) in [6.07, 6.45) is 3.24. The van der Waals surface area contributed by atoms with Crippen LogP contribution in [0.5, 0.6) is 0 Å². The molecule has 0 aliphatic carbocycles. The zero-order chi connectivity index (χ0) is 11.1. The molecular formula is C12H12ClN3. The lowest BCUT2D eigenvalue weighted by Gasteiger charge is -2.19. The summed E-state index contributed by atoms with van der Waals surface area (Å²) < 4.78 is 2.00. The minimum absolute atomic E-state index is 0.544. The summed E-state index contributed by atoms with van der Waals surface area (Å²) in [5, 5.41) is 9.66. The van der Waals surface area contributed by atoms with Gasteiger partial charge in [0.25, 0.3) is 0 Å². The lowest BCUT2D eigenvalue weighted by Crippen LogP contribution is -2.28. The molecule has 0 spiro atoms. The highest BCUT2D eigenvalue weighted by atomic mass is 35.5. The van der Waals surface area contributed by atoms with E-state index in [9.17, 15) is 0 Å². The van der Waals surface area contributed by atoms with Crippen LogP contribution >= 0.6 is 11.6 Å². The predicted octanol–water partition coefficient (Wildman–Crippen LogP) is 2.51. The molecule has 1 aromatic carbocycles. The van der Waals surface area contributed by atoms with Crippen LogP contribution < -0.4 is 5.49 Å². The van der Waals surface area contributed by atoms with E-state index in [0.29, 0.717) is 10.5 Å². The molecule has 1 aliphatic rings. The first-order valence-electron chi connectivity index (χ1n) is 5.50. The lowest BCUT2D eigenvalue weighted by atomic mass is 10.1. The summed E-state index contributed by atoms with van der Waals surface area (Å²) in [6.45, 7) is 0.906. The van der Waals surface area contributed by atoms with Crippen molar-refractivity contribution in [1.29, 1.82) is 5.41 Å². The highest BCUT2D eigenvalue weighted by molar-refractivity contribution is 6.34. The molecule has 0 saturated heterocycles. The van der Waals surface area contributed by atoms with Gasteiger partial charge in [0, 0.05) is 18.4 Å². The van der Waals surface area contributed by atoms with Gasteiger partial charge in [-0.25, -0.2) is 4.98 Å². The maximum atomic E-state index is 8.18. The van der Waals surface area contributed by atoms with Crippen LogP contribution in [0.3, 0.4) is 0 Å².